The summed E-state index contributed by atoms with van der Waals surface area (Å²) >= 11 is 0. The smallest absolute Gasteiger partial charge is 0.255 e. The Morgan fingerprint density at radius 3 is 2.76 bits per heavy atom. The summed E-state index contributed by atoms with van der Waals surface area (Å²) in [5, 5.41) is 2.75. The summed E-state index contributed by atoms with van der Waals surface area (Å²) in [6, 6.07) is 5.07. The van der Waals surface area contributed by atoms with Crippen LogP contribution in [0.2, 0.25) is 0 Å². The summed E-state index contributed by atoms with van der Waals surface area (Å²) in [4.78, 5) is 11.9. The Labute approximate surface area is 101 Å². The van der Waals surface area contributed by atoms with Crippen LogP contribution < -0.4 is 15.8 Å². The van der Waals surface area contributed by atoms with Crippen molar-refractivity contribution in [3.8, 4) is 5.75 Å². The van der Waals surface area contributed by atoms with Gasteiger partial charge in [-0.1, -0.05) is 6.07 Å². The monoisotopic (exact) mass is 238 g/mol. The molecule has 0 spiro atoms. The molecule has 5 nitrogen and oxygen atoms in total. The van der Waals surface area contributed by atoms with Crippen LogP contribution in [-0.4, -0.2) is 32.8 Å². The number of carbonyl (C=O) groups is 1. The highest BCUT2D eigenvalue weighted by Gasteiger charge is 2.14. The molecular formula is C12H18N2O3. The van der Waals surface area contributed by atoms with Crippen LogP contribution in [0.5, 0.6) is 5.75 Å². The molecule has 0 aromatic heterocycles. The molecule has 1 amide bonds. The zero-order valence-electron chi connectivity index (χ0n) is 10.3. The lowest BCUT2D eigenvalue weighted by molar-refractivity contribution is 0.0868. The Kier molecular flexibility index (Phi) is 4.78. The number of amides is 1. The summed E-state index contributed by atoms with van der Waals surface area (Å²) < 4.78 is 10.2. The predicted molar refractivity (Wildman–Crippen MR) is 66.2 cm³/mol. The Morgan fingerprint density at radius 1 is 1.47 bits per heavy atom. The molecule has 0 saturated carbocycles. The van der Waals surface area contributed by atoms with Gasteiger partial charge in [0.25, 0.3) is 5.91 Å². The lowest BCUT2D eigenvalue weighted by Gasteiger charge is -2.13. The van der Waals surface area contributed by atoms with Gasteiger partial charge in [0.05, 0.1) is 24.5 Å². The lowest BCUT2D eigenvalue weighted by atomic mass is 10.1. The highest BCUT2D eigenvalue weighted by molar-refractivity contribution is 5.98. The second-order valence-electron chi connectivity index (χ2n) is 3.68. The van der Waals surface area contributed by atoms with Crippen molar-refractivity contribution in [3.05, 3.63) is 23.8 Å². The van der Waals surface area contributed by atoms with Gasteiger partial charge in [-0.05, 0) is 19.1 Å². The summed E-state index contributed by atoms with van der Waals surface area (Å²) in [5.74, 6) is 0.174. The first-order valence-corrected chi connectivity index (χ1v) is 5.33. The molecule has 17 heavy (non-hydrogen) atoms. The maximum Gasteiger partial charge on any atom is 0.255 e. The molecule has 1 aromatic rings. The average Bonchev–Trinajstić information content (AvgIpc) is 2.35. The minimum Gasteiger partial charge on any atom is -0.494 e. The third-order valence-corrected chi connectivity index (χ3v) is 2.45. The van der Waals surface area contributed by atoms with E-state index in [0.717, 1.165) is 0 Å². The zero-order valence-corrected chi connectivity index (χ0v) is 10.3. The van der Waals surface area contributed by atoms with E-state index in [1.807, 2.05) is 6.92 Å². The summed E-state index contributed by atoms with van der Waals surface area (Å²) in [6.07, 6.45) is -0.0361. The van der Waals surface area contributed by atoms with Crippen LogP contribution in [0, 0.1) is 0 Å². The maximum absolute atomic E-state index is 11.9. The summed E-state index contributed by atoms with van der Waals surface area (Å²) in [7, 11) is 3.08. The van der Waals surface area contributed by atoms with Crippen molar-refractivity contribution < 1.29 is 14.3 Å². The molecule has 1 rings (SSSR count). The minimum absolute atomic E-state index is 0.0361. The molecule has 0 radical (unpaired) electrons. The van der Waals surface area contributed by atoms with Crippen LogP contribution in [-0.2, 0) is 4.74 Å². The van der Waals surface area contributed by atoms with Crippen LogP contribution in [0.15, 0.2) is 18.2 Å². The third kappa shape index (κ3) is 3.35. The van der Waals surface area contributed by atoms with Gasteiger partial charge in [0.15, 0.2) is 5.75 Å². The van der Waals surface area contributed by atoms with Gasteiger partial charge < -0.3 is 20.5 Å². The quantitative estimate of drug-likeness (QED) is 0.752. The fourth-order valence-electron chi connectivity index (χ4n) is 1.38. The molecule has 0 aliphatic carbocycles. The van der Waals surface area contributed by atoms with E-state index >= 15 is 0 Å². The van der Waals surface area contributed by atoms with E-state index in [-0.39, 0.29) is 12.0 Å². The van der Waals surface area contributed by atoms with Crippen molar-refractivity contribution in [1.82, 2.24) is 5.32 Å². The number of rotatable bonds is 5. The molecule has 94 valence electrons. The highest BCUT2D eigenvalue weighted by atomic mass is 16.5. The number of nitrogen functional groups attached to an aromatic ring is 1. The number of nitrogens with two attached hydrogens (primary N) is 1. The van der Waals surface area contributed by atoms with Gasteiger partial charge in [-0.25, -0.2) is 0 Å². The van der Waals surface area contributed by atoms with Crippen molar-refractivity contribution >= 4 is 11.6 Å². The SMILES string of the molecule is COc1c(N)cccc1C(=O)NCC(C)OC. The molecule has 0 saturated heterocycles. The van der Waals surface area contributed by atoms with Crippen LogP contribution in [0.4, 0.5) is 5.69 Å². The second kappa shape index (κ2) is 6.10. The molecule has 0 fully saturated rings. The maximum atomic E-state index is 11.9. The van der Waals surface area contributed by atoms with E-state index in [2.05, 4.69) is 5.32 Å². The Morgan fingerprint density at radius 2 is 2.18 bits per heavy atom. The number of carbonyl (C=O) groups excluding carboxylic acids is 1. The van der Waals surface area contributed by atoms with Gasteiger partial charge in [-0.15, -0.1) is 0 Å². The molecule has 0 heterocycles. The zero-order chi connectivity index (χ0) is 12.8. The fourth-order valence-corrected chi connectivity index (χ4v) is 1.38. The molecule has 0 aliphatic rings. The Bertz CT molecular complexity index is 393. The van der Waals surface area contributed by atoms with E-state index < -0.39 is 0 Å². The first-order valence-electron chi connectivity index (χ1n) is 5.33. The van der Waals surface area contributed by atoms with Crippen molar-refractivity contribution in [2.45, 2.75) is 13.0 Å². The van der Waals surface area contributed by atoms with Crippen molar-refractivity contribution in [3.63, 3.8) is 0 Å². The molecular weight excluding hydrogens is 220 g/mol. The molecule has 3 N–H and O–H groups in total. The van der Waals surface area contributed by atoms with E-state index in [0.29, 0.717) is 23.5 Å². The minimum atomic E-state index is -0.224. The van der Waals surface area contributed by atoms with Crippen molar-refractivity contribution in [1.29, 1.82) is 0 Å². The van der Waals surface area contributed by atoms with E-state index in [4.69, 9.17) is 15.2 Å². The molecule has 0 bridgehead atoms. The molecule has 0 aliphatic heterocycles. The Balaban J connectivity index is 2.78. The second-order valence-corrected chi connectivity index (χ2v) is 3.68. The Hall–Kier alpha value is -1.75. The van der Waals surface area contributed by atoms with Gasteiger partial charge in [-0.2, -0.15) is 0 Å². The standard InChI is InChI=1S/C12H18N2O3/c1-8(16-2)7-14-12(15)9-5-4-6-10(13)11(9)17-3/h4-6,8H,7,13H2,1-3H3,(H,14,15). The van der Waals surface area contributed by atoms with Crippen LogP contribution >= 0.6 is 0 Å². The van der Waals surface area contributed by atoms with Gasteiger partial charge >= 0.3 is 0 Å². The largest absolute Gasteiger partial charge is 0.494 e. The number of hydrogen-bond acceptors (Lipinski definition) is 4. The molecule has 1 unspecified atom stereocenters. The van der Waals surface area contributed by atoms with Gasteiger partial charge in [0.1, 0.15) is 0 Å². The number of anilines is 1. The van der Waals surface area contributed by atoms with Crippen molar-refractivity contribution in [2.75, 3.05) is 26.5 Å². The first kappa shape index (κ1) is 13.3. The number of hydrogen-bond donors (Lipinski definition) is 2. The van der Waals surface area contributed by atoms with Gasteiger partial charge in [0, 0.05) is 13.7 Å². The highest BCUT2D eigenvalue weighted by Crippen LogP contribution is 2.25. The number of nitrogens with one attached hydrogen (secondary N) is 1. The van der Waals surface area contributed by atoms with E-state index in [1.165, 1.54) is 7.11 Å². The first-order chi connectivity index (χ1) is 8.10. The van der Waals surface area contributed by atoms with Gasteiger partial charge in [-0.3, -0.25) is 4.79 Å². The average molecular weight is 238 g/mol. The summed E-state index contributed by atoms with van der Waals surface area (Å²) in [5.41, 5.74) is 6.59. The van der Waals surface area contributed by atoms with Crippen LogP contribution in [0.25, 0.3) is 0 Å². The topological polar surface area (TPSA) is 73.6 Å². The number of ether oxygens (including phenoxy) is 2. The molecule has 5 heteroatoms. The van der Waals surface area contributed by atoms with Crippen molar-refractivity contribution in [2.24, 2.45) is 0 Å². The fraction of sp³-hybridized carbons (Fsp3) is 0.417. The number of methoxy groups -OCH3 is 2. The number of para-hydroxylation sites is 1. The number of benzene rings is 1. The normalized spacial score (nSPS) is 11.9. The molecule has 1 aromatic carbocycles. The van der Waals surface area contributed by atoms with E-state index in [1.54, 1.807) is 25.3 Å². The van der Waals surface area contributed by atoms with Crippen LogP contribution in [0.1, 0.15) is 17.3 Å². The lowest BCUT2D eigenvalue weighted by Crippen LogP contribution is -2.31. The predicted octanol–water partition coefficient (Wildman–Crippen LogP) is 1.04. The van der Waals surface area contributed by atoms with Crippen LogP contribution in [0.3, 0.4) is 0 Å². The van der Waals surface area contributed by atoms with E-state index in [9.17, 15) is 4.79 Å². The molecule has 1 atom stereocenters. The van der Waals surface area contributed by atoms with Gasteiger partial charge in [0.2, 0.25) is 0 Å². The summed E-state index contributed by atoms with van der Waals surface area (Å²) in [6.45, 7) is 2.31. The third-order valence-electron chi connectivity index (χ3n) is 2.45.